The highest BCUT2D eigenvalue weighted by Gasteiger charge is 2.17. The van der Waals surface area contributed by atoms with Gasteiger partial charge in [-0.15, -0.1) is 0 Å². The van der Waals surface area contributed by atoms with Crippen LogP contribution in [0.5, 0.6) is 17.4 Å². The molecule has 4 rings (SSSR count). The average Bonchev–Trinajstić information content (AvgIpc) is 2.86. The average molecular weight is 452 g/mol. The van der Waals surface area contributed by atoms with Gasteiger partial charge < -0.3 is 14.8 Å². The van der Waals surface area contributed by atoms with Gasteiger partial charge in [0.15, 0.2) is 0 Å². The minimum atomic E-state index is -0.653. The van der Waals surface area contributed by atoms with E-state index in [9.17, 15) is 14.9 Å². The fraction of sp³-hybridized carbons (Fsp3) is 0.0769. The van der Waals surface area contributed by atoms with Crippen molar-refractivity contribution < 1.29 is 14.3 Å². The first-order valence-electron chi connectivity index (χ1n) is 10.3. The highest BCUT2D eigenvalue weighted by atomic mass is 16.5. The van der Waals surface area contributed by atoms with Gasteiger partial charge in [-0.1, -0.05) is 23.8 Å². The fourth-order valence-corrected chi connectivity index (χ4v) is 3.17. The highest BCUT2D eigenvalue weighted by Crippen LogP contribution is 2.26. The summed E-state index contributed by atoms with van der Waals surface area (Å²) in [7, 11) is 1.55. The maximum Gasteiger partial charge on any atom is 0.269 e. The minimum Gasteiger partial charge on any atom is -0.497 e. The first-order valence-corrected chi connectivity index (χ1v) is 10.3. The van der Waals surface area contributed by atoms with Crippen molar-refractivity contribution in [2.75, 3.05) is 12.4 Å². The number of hydrogen-bond acceptors (Lipinski definition) is 6. The van der Waals surface area contributed by atoms with Gasteiger partial charge in [0, 0.05) is 11.9 Å². The Labute approximate surface area is 195 Å². The quantitative estimate of drug-likeness (QED) is 0.344. The van der Waals surface area contributed by atoms with Crippen LogP contribution in [0.1, 0.15) is 11.1 Å². The van der Waals surface area contributed by atoms with Crippen LogP contribution in [0.25, 0.3) is 11.7 Å². The predicted octanol–water partition coefficient (Wildman–Crippen LogP) is 4.35. The van der Waals surface area contributed by atoms with E-state index < -0.39 is 11.5 Å². The Morgan fingerprint density at radius 3 is 2.44 bits per heavy atom. The summed E-state index contributed by atoms with van der Waals surface area (Å²) in [5, 5.41) is 12.3. The van der Waals surface area contributed by atoms with Crippen LogP contribution in [-0.4, -0.2) is 22.4 Å². The Balaban J connectivity index is 1.77. The number of carbonyl (C=O) groups excluding carboxylic acids is 1. The van der Waals surface area contributed by atoms with Gasteiger partial charge in [-0.3, -0.25) is 14.0 Å². The normalized spacial score (nSPS) is 11.0. The fourth-order valence-electron chi connectivity index (χ4n) is 3.17. The number of nitriles is 1. The van der Waals surface area contributed by atoms with E-state index in [1.807, 2.05) is 25.1 Å². The molecule has 0 fully saturated rings. The second-order valence-corrected chi connectivity index (χ2v) is 7.33. The molecule has 0 bridgehead atoms. The number of anilines is 1. The monoisotopic (exact) mass is 452 g/mol. The molecule has 1 N–H and O–H groups in total. The van der Waals surface area contributed by atoms with Gasteiger partial charge >= 0.3 is 0 Å². The number of carbonyl (C=O) groups is 1. The van der Waals surface area contributed by atoms with Crippen LogP contribution >= 0.6 is 0 Å². The number of fused-ring (bicyclic) bond motifs is 1. The van der Waals surface area contributed by atoms with E-state index in [4.69, 9.17) is 9.47 Å². The van der Waals surface area contributed by atoms with E-state index >= 15 is 0 Å². The van der Waals surface area contributed by atoms with Crippen LogP contribution in [0, 0.1) is 18.3 Å². The van der Waals surface area contributed by atoms with Crippen molar-refractivity contribution in [1.82, 2.24) is 9.38 Å². The zero-order chi connectivity index (χ0) is 24.1. The third-order valence-electron chi connectivity index (χ3n) is 4.97. The van der Waals surface area contributed by atoms with Gasteiger partial charge in [0.1, 0.15) is 34.4 Å². The van der Waals surface area contributed by atoms with Crippen molar-refractivity contribution in [3.05, 3.63) is 100.0 Å². The molecule has 0 radical (unpaired) electrons. The second-order valence-electron chi connectivity index (χ2n) is 7.33. The van der Waals surface area contributed by atoms with Gasteiger partial charge in [-0.2, -0.15) is 10.2 Å². The summed E-state index contributed by atoms with van der Waals surface area (Å²) >= 11 is 0. The zero-order valence-electron chi connectivity index (χ0n) is 18.5. The molecule has 4 aromatic rings. The number of methoxy groups -OCH3 is 1. The number of aryl methyl sites for hydroxylation is 1. The number of benzene rings is 2. The number of ether oxygens (including phenoxy) is 2. The Hall–Kier alpha value is -4.90. The van der Waals surface area contributed by atoms with E-state index in [0.29, 0.717) is 22.8 Å². The molecule has 34 heavy (non-hydrogen) atoms. The molecule has 0 spiro atoms. The lowest BCUT2D eigenvalue weighted by Gasteiger charge is -2.11. The lowest BCUT2D eigenvalue weighted by molar-refractivity contribution is -0.112. The molecule has 0 aliphatic carbocycles. The number of nitrogens with zero attached hydrogens (tertiary/aromatic N) is 3. The summed E-state index contributed by atoms with van der Waals surface area (Å²) < 4.78 is 12.4. The Morgan fingerprint density at radius 2 is 1.76 bits per heavy atom. The van der Waals surface area contributed by atoms with Crippen molar-refractivity contribution in [3.8, 4) is 23.4 Å². The smallest absolute Gasteiger partial charge is 0.269 e. The molecule has 2 aromatic heterocycles. The first-order chi connectivity index (χ1) is 16.5. The van der Waals surface area contributed by atoms with E-state index in [1.54, 1.807) is 67.9 Å². The van der Waals surface area contributed by atoms with E-state index in [-0.39, 0.29) is 17.0 Å². The van der Waals surface area contributed by atoms with Crippen LogP contribution in [0.3, 0.4) is 0 Å². The van der Waals surface area contributed by atoms with Crippen molar-refractivity contribution in [3.63, 3.8) is 0 Å². The molecule has 168 valence electrons. The van der Waals surface area contributed by atoms with Gasteiger partial charge in [-0.05, 0) is 61.5 Å². The maximum atomic E-state index is 13.2. The first kappa shape index (κ1) is 22.3. The lowest BCUT2D eigenvalue weighted by atomic mass is 10.1. The molecule has 0 saturated carbocycles. The molecule has 2 heterocycles. The Morgan fingerprint density at radius 1 is 1.06 bits per heavy atom. The largest absolute Gasteiger partial charge is 0.497 e. The molecule has 8 nitrogen and oxygen atoms in total. The summed E-state index contributed by atoms with van der Waals surface area (Å²) in [6, 6.07) is 20.8. The van der Waals surface area contributed by atoms with Crippen LogP contribution in [0.2, 0.25) is 0 Å². The van der Waals surface area contributed by atoms with E-state index in [1.165, 1.54) is 10.5 Å². The summed E-state index contributed by atoms with van der Waals surface area (Å²) in [5.41, 5.74) is 1.13. The zero-order valence-corrected chi connectivity index (χ0v) is 18.5. The van der Waals surface area contributed by atoms with Crippen LogP contribution in [-0.2, 0) is 4.79 Å². The van der Waals surface area contributed by atoms with Gasteiger partial charge in [0.25, 0.3) is 11.5 Å². The number of amides is 1. The molecular weight excluding hydrogens is 432 g/mol. The Kier molecular flexibility index (Phi) is 6.37. The molecule has 1 amide bonds. The summed E-state index contributed by atoms with van der Waals surface area (Å²) in [6.45, 7) is 1.93. The SMILES string of the molecule is COc1ccc(Oc2nc3ccccn3c(=O)c2C=C(C#N)C(=O)Nc2ccc(C)cc2)cc1. The molecule has 0 saturated heterocycles. The van der Waals surface area contributed by atoms with Crippen molar-refractivity contribution in [2.45, 2.75) is 6.92 Å². The summed E-state index contributed by atoms with van der Waals surface area (Å²) in [4.78, 5) is 30.4. The van der Waals surface area contributed by atoms with Gasteiger partial charge in [-0.25, -0.2) is 0 Å². The maximum absolute atomic E-state index is 13.2. The molecule has 0 aliphatic heterocycles. The number of hydrogen-bond donors (Lipinski definition) is 1. The third-order valence-corrected chi connectivity index (χ3v) is 4.97. The van der Waals surface area contributed by atoms with Crippen LogP contribution in [0.4, 0.5) is 5.69 Å². The van der Waals surface area contributed by atoms with Crippen LogP contribution < -0.4 is 20.3 Å². The van der Waals surface area contributed by atoms with Crippen LogP contribution in [0.15, 0.2) is 83.3 Å². The molecule has 0 aliphatic rings. The summed E-state index contributed by atoms with van der Waals surface area (Å²) in [6.07, 6.45) is 2.74. The molecular formula is C26H20N4O4. The highest BCUT2D eigenvalue weighted by molar-refractivity contribution is 6.09. The van der Waals surface area contributed by atoms with Gasteiger partial charge in [0.2, 0.25) is 5.88 Å². The van der Waals surface area contributed by atoms with Crippen molar-refractivity contribution >= 4 is 23.3 Å². The van der Waals surface area contributed by atoms with E-state index in [0.717, 1.165) is 5.56 Å². The molecule has 0 unspecified atom stereocenters. The van der Waals surface area contributed by atoms with Gasteiger partial charge in [0.05, 0.1) is 7.11 Å². The number of nitrogens with one attached hydrogen (secondary N) is 1. The van der Waals surface area contributed by atoms with Crippen molar-refractivity contribution in [1.29, 1.82) is 5.26 Å². The van der Waals surface area contributed by atoms with Crippen molar-refractivity contribution in [2.24, 2.45) is 0 Å². The lowest BCUT2D eigenvalue weighted by Crippen LogP contribution is -2.20. The number of rotatable bonds is 6. The molecule has 2 aromatic carbocycles. The predicted molar refractivity (Wildman–Crippen MR) is 128 cm³/mol. The number of aromatic nitrogens is 2. The van der Waals surface area contributed by atoms with E-state index in [2.05, 4.69) is 10.3 Å². The third kappa shape index (κ3) is 4.79. The second kappa shape index (κ2) is 9.71. The molecule has 8 heteroatoms. The summed E-state index contributed by atoms with van der Waals surface area (Å²) in [5.74, 6) is 0.361. The minimum absolute atomic E-state index is 0.0303. The topological polar surface area (TPSA) is 106 Å². The standard InChI is InChI=1S/C26H20N4O4/c1-17-6-8-19(9-7-17)28-24(31)18(16-27)15-22-25(34-21-12-10-20(33-2)11-13-21)29-23-5-3-4-14-30(23)26(22)32/h3-15H,1-2H3,(H,28,31). The molecule has 0 atom stereocenters. The Bertz CT molecular complexity index is 1480. The number of pyridine rings is 1.